The van der Waals surface area contributed by atoms with Crippen molar-refractivity contribution in [3.63, 3.8) is 0 Å². The van der Waals surface area contributed by atoms with Crippen LogP contribution < -0.4 is 4.80 Å². The van der Waals surface area contributed by atoms with Crippen LogP contribution in [0.5, 0.6) is 0 Å². The third-order valence-electron chi connectivity index (χ3n) is 4.70. The van der Waals surface area contributed by atoms with Crippen molar-refractivity contribution in [2.75, 3.05) is 6.54 Å². The molecule has 6 nitrogen and oxygen atoms in total. The van der Waals surface area contributed by atoms with Crippen molar-refractivity contribution in [2.45, 2.75) is 29.6 Å². The topological polar surface area (TPSA) is 71.7 Å². The molecular formula is C19H15ClFN3O3S3. The quantitative estimate of drug-likeness (QED) is 0.533. The van der Waals surface area contributed by atoms with Gasteiger partial charge in [0.1, 0.15) is 16.1 Å². The van der Waals surface area contributed by atoms with Gasteiger partial charge in [0, 0.05) is 6.54 Å². The van der Waals surface area contributed by atoms with Gasteiger partial charge in [0.2, 0.25) is 0 Å². The normalized spacial score (nSPS) is 18.2. The van der Waals surface area contributed by atoms with Crippen LogP contribution in [-0.4, -0.2) is 35.8 Å². The lowest BCUT2D eigenvalue weighted by Gasteiger charge is -2.20. The van der Waals surface area contributed by atoms with Crippen LogP contribution in [-0.2, 0) is 21.4 Å². The Labute approximate surface area is 185 Å². The molecule has 1 amide bonds. The molecule has 1 saturated heterocycles. The highest BCUT2D eigenvalue weighted by atomic mass is 35.5. The van der Waals surface area contributed by atoms with E-state index in [1.807, 2.05) is 0 Å². The fourth-order valence-corrected chi connectivity index (χ4v) is 7.69. The van der Waals surface area contributed by atoms with Gasteiger partial charge in [0.05, 0.1) is 21.1 Å². The number of fused-ring (bicyclic) bond motifs is 1. The van der Waals surface area contributed by atoms with Crippen LogP contribution in [0.1, 0.15) is 12.8 Å². The molecule has 1 aromatic carbocycles. The zero-order chi connectivity index (χ0) is 21.5. The maximum atomic E-state index is 13.6. The third-order valence-corrected chi connectivity index (χ3v) is 9.35. The zero-order valence-corrected chi connectivity index (χ0v) is 18.6. The smallest absolute Gasteiger partial charge is 0.266 e. The van der Waals surface area contributed by atoms with Gasteiger partial charge in [-0.1, -0.05) is 28.9 Å². The number of benzene rings is 1. The van der Waals surface area contributed by atoms with Crippen molar-refractivity contribution < 1.29 is 17.6 Å². The Hall–Kier alpha value is -2.03. The zero-order valence-electron chi connectivity index (χ0n) is 15.4. The second-order valence-corrected chi connectivity index (χ2v) is 11.4. The SMILES string of the molecule is C#CCn1c(=NC(=O)[C@H]2CCCN2S(=O)(=O)c2ccc(Cl)s2)sc2cc(F)ccc21. The number of rotatable bonds is 4. The summed E-state index contributed by atoms with van der Waals surface area (Å²) in [7, 11) is -3.85. The Morgan fingerprint density at radius 1 is 1.33 bits per heavy atom. The van der Waals surface area contributed by atoms with Gasteiger partial charge in [-0.25, -0.2) is 12.8 Å². The number of amides is 1. The molecule has 4 rings (SSSR count). The van der Waals surface area contributed by atoms with Crippen molar-refractivity contribution in [1.82, 2.24) is 8.87 Å². The van der Waals surface area contributed by atoms with Crippen LogP contribution in [0.2, 0.25) is 4.34 Å². The number of carbonyl (C=O) groups excluding carboxylic acids is 1. The summed E-state index contributed by atoms with van der Waals surface area (Å²) in [6.07, 6.45) is 6.36. The second kappa shape index (κ2) is 8.24. The van der Waals surface area contributed by atoms with Crippen molar-refractivity contribution in [1.29, 1.82) is 0 Å². The van der Waals surface area contributed by atoms with Crippen LogP contribution in [0.4, 0.5) is 4.39 Å². The molecule has 156 valence electrons. The van der Waals surface area contributed by atoms with E-state index in [2.05, 4.69) is 10.9 Å². The molecule has 0 saturated carbocycles. The van der Waals surface area contributed by atoms with Gasteiger partial charge in [-0.2, -0.15) is 9.30 Å². The number of nitrogens with zero attached hydrogens (tertiary/aromatic N) is 3. The molecule has 0 bridgehead atoms. The number of halogens is 2. The maximum Gasteiger partial charge on any atom is 0.266 e. The molecule has 2 aromatic heterocycles. The van der Waals surface area contributed by atoms with Gasteiger partial charge in [-0.15, -0.1) is 17.8 Å². The molecule has 0 spiro atoms. The first-order chi connectivity index (χ1) is 14.3. The fourth-order valence-electron chi connectivity index (χ4n) is 3.37. The van der Waals surface area contributed by atoms with Crippen LogP contribution in [0.3, 0.4) is 0 Å². The predicted octanol–water partition coefficient (Wildman–Crippen LogP) is 3.47. The van der Waals surface area contributed by atoms with Gasteiger partial charge in [-0.05, 0) is 43.2 Å². The van der Waals surface area contributed by atoms with E-state index in [0.717, 1.165) is 22.7 Å². The molecule has 11 heteroatoms. The van der Waals surface area contributed by atoms with Gasteiger partial charge < -0.3 is 4.57 Å². The summed E-state index contributed by atoms with van der Waals surface area (Å²) in [5.74, 6) is 1.53. The first-order valence-corrected chi connectivity index (χ1v) is 12.3. The van der Waals surface area contributed by atoms with Crippen molar-refractivity contribution in [3.05, 3.63) is 45.3 Å². The average Bonchev–Trinajstić information content (AvgIpc) is 3.41. The summed E-state index contributed by atoms with van der Waals surface area (Å²) >= 11 is 7.96. The molecule has 1 aliphatic heterocycles. The monoisotopic (exact) mass is 483 g/mol. The van der Waals surface area contributed by atoms with Gasteiger partial charge >= 0.3 is 0 Å². The fraction of sp³-hybridized carbons (Fsp3) is 0.263. The molecule has 0 radical (unpaired) electrons. The molecule has 0 unspecified atom stereocenters. The maximum absolute atomic E-state index is 13.6. The first-order valence-electron chi connectivity index (χ1n) is 8.89. The Kier molecular flexibility index (Phi) is 5.83. The molecule has 0 N–H and O–H groups in total. The van der Waals surface area contributed by atoms with E-state index in [1.165, 1.54) is 28.6 Å². The van der Waals surface area contributed by atoms with Crippen molar-refractivity contribution >= 4 is 60.4 Å². The van der Waals surface area contributed by atoms with E-state index in [0.29, 0.717) is 32.2 Å². The Morgan fingerprint density at radius 2 is 2.13 bits per heavy atom. The number of thiazole rings is 1. The highest BCUT2D eigenvalue weighted by Gasteiger charge is 2.40. The second-order valence-electron chi connectivity index (χ2n) is 6.57. The van der Waals surface area contributed by atoms with Gasteiger partial charge in [0.15, 0.2) is 4.80 Å². The van der Waals surface area contributed by atoms with Crippen LogP contribution in [0.25, 0.3) is 10.2 Å². The molecule has 1 fully saturated rings. The number of hydrogen-bond acceptors (Lipinski definition) is 5. The lowest BCUT2D eigenvalue weighted by Crippen LogP contribution is -2.40. The summed E-state index contributed by atoms with van der Waals surface area (Å²) in [4.78, 5) is 17.5. The lowest BCUT2D eigenvalue weighted by atomic mass is 10.2. The Bertz CT molecular complexity index is 1350. The number of aromatic nitrogens is 1. The number of hydrogen-bond donors (Lipinski definition) is 0. The van der Waals surface area contributed by atoms with Crippen LogP contribution >= 0.6 is 34.3 Å². The summed E-state index contributed by atoms with van der Waals surface area (Å²) in [6.45, 7) is 0.379. The highest BCUT2D eigenvalue weighted by Crippen LogP contribution is 2.32. The number of thiophene rings is 1. The van der Waals surface area contributed by atoms with Gasteiger partial charge in [0.25, 0.3) is 15.9 Å². The largest absolute Gasteiger partial charge is 0.305 e. The molecule has 1 aliphatic rings. The van der Waals surface area contributed by atoms with E-state index in [4.69, 9.17) is 18.0 Å². The minimum Gasteiger partial charge on any atom is -0.305 e. The van der Waals surface area contributed by atoms with E-state index in [-0.39, 0.29) is 17.3 Å². The summed E-state index contributed by atoms with van der Waals surface area (Å²) in [5, 5.41) is 0. The molecule has 3 aromatic rings. The predicted molar refractivity (Wildman–Crippen MR) is 115 cm³/mol. The van der Waals surface area contributed by atoms with E-state index in [1.54, 1.807) is 10.6 Å². The molecule has 30 heavy (non-hydrogen) atoms. The van der Waals surface area contributed by atoms with Crippen molar-refractivity contribution in [2.24, 2.45) is 4.99 Å². The number of carbonyl (C=O) groups is 1. The van der Waals surface area contributed by atoms with Crippen LogP contribution in [0.15, 0.2) is 39.5 Å². The Balaban J connectivity index is 1.73. The minimum atomic E-state index is -3.85. The minimum absolute atomic E-state index is 0.0898. The molecule has 0 aliphatic carbocycles. The van der Waals surface area contributed by atoms with E-state index >= 15 is 0 Å². The highest BCUT2D eigenvalue weighted by molar-refractivity contribution is 7.91. The number of sulfonamides is 1. The van der Waals surface area contributed by atoms with E-state index in [9.17, 15) is 17.6 Å². The van der Waals surface area contributed by atoms with Crippen molar-refractivity contribution in [3.8, 4) is 12.3 Å². The third kappa shape index (κ3) is 3.84. The molecular weight excluding hydrogens is 469 g/mol. The van der Waals surface area contributed by atoms with Crippen LogP contribution in [0, 0.1) is 18.2 Å². The number of terminal acetylenes is 1. The Morgan fingerprint density at radius 3 is 2.83 bits per heavy atom. The lowest BCUT2D eigenvalue weighted by molar-refractivity contribution is -0.121. The average molecular weight is 484 g/mol. The first kappa shape index (κ1) is 21.2. The summed E-state index contributed by atoms with van der Waals surface area (Å²) in [5.41, 5.74) is 0.662. The standard InChI is InChI=1S/C19H15ClFN3O3S3/c1-2-9-23-13-6-5-12(21)11-15(13)28-19(23)22-18(25)14-4-3-10-24(14)30(26,27)17-8-7-16(20)29-17/h1,5-8,11,14H,3-4,9-10H2/t14-/m1/s1. The summed E-state index contributed by atoms with van der Waals surface area (Å²) in [6, 6.07) is 6.27. The molecule has 1 atom stereocenters. The van der Waals surface area contributed by atoms with Gasteiger partial charge in [-0.3, -0.25) is 4.79 Å². The molecule has 3 heterocycles. The summed E-state index contributed by atoms with van der Waals surface area (Å²) < 4.78 is 43.4. The van der Waals surface area contributed by atoms with E-state index < -0.39 is 27.8 Å².